The molecule has 1 atom stereocenters. The van der Waals surface area contributed by atoms with Crippen LogP contribution in [0.2, 0.25) is 0 Å². The normalized spacial score (nSPS) is 15.4. The molecule has 1 aliphatic rings. The Morgan fingerprint density at radius 1 is 1.18 bits per heavy atom. The number of nitro groups is 1. The minimum atomic E-state index is -1.03. The van der Waals surface area contributed by atoms with E-state index in [0.717, 1.165) is 0 Å². The molecule has 2 aromatic carbocycles. The number of nitro benzene ring substituents is 1. The summed E-state index contributed by atoms with van der Waals surface area (Å²) in [7, 11) is 1.36. The first kappa shape index (κ1) is 23.6. The van der Waals surface area contributed by atoms with Crippen molar-refractivity contribution in [1.82, 2.24) is 10.6 Å². The van der Waals surface area contributed by atoms with Gasteiger partial charge in [-0.05, 0) is 30.5 Å². The van der Waals surface area contributed by atoms with Gasteiger partial charge in [-0.3, -0.25) is 10.1 Å². The van der Waals surface area contributed by atoms with Gasteiger partial charge in [-0.15, -0.1) is 0 Å². The van der Waals surface area contributed by atoms with Crippen LogP contribution in [0.15, 0.2) is 48.0 Å². The lowest BCUT2D eigenvalue weighted by Gasteiger charge is -2.29. The Hall–Kier alpha value is -4.08. The van der Waals surface area contributed by atoms with Crippen LogP contribution in [0, 0.1) is 10.1 Å². The minimum Gasteiger partial charge on any atom is -0.493 e. The van der Waals surface area contributed by atoms with E-state index in [-0.39, 0.29) is 47.2 Å². The van der Waals surface area contributed by atoms with Crippen LogP contribution in [0.5, 0.6) is 11.5 Å². The topological polar surface area (TPSA) is 129 Å². The maximum atomic E-state index is 13.0. The van der Waals surface area contributed by atoms with E-state index in [1.807, 2.05) is 6.92 Å². The average molecular weight is 455 g/mol. The number of benzene rings is 2. The second-order valence-electron chi connectivity index (χ2n) is 7.08. The van der Waals surface area contributed by atoms with Crippen LogP contribution < -0.4 is 20.1 Å². The first-order chi connectivity index (χ1) is 15.9. The molecule has 2 amide bonds. The van der Waals surface area contributed by atoms with Crippen molar-refractivity contribution in [3.05, 3.63) is 69.3 Å². The minimum absolute atomic E-state index is 0.0155. The van der Waals surface area contributed by atoms with Crippen molar-refractivity contribution >= 4 is 23.4 Å². The molecule has 0 spiro atoms. The van der Waals surface area contributed by atoms with Crippen LogP contribution in [0.25, 0.3) is 5.70 Å². The van der Waals surface area contributed by atoms with Gasteiger partial charge in [-0.1, -0.05) is 37.3 Å². The number of carbonyl (C=O) groups excluding carboxylic acids is 2. The Bertz CT molecular complexity index is 1080. The highest BCUT2D eigenvalue weighted by atomic mass is 16.6. The van der Waals surface area contributed by atoms with Crippen LogP contribution in [0.1, 0.15) is 37.4 Å². The predicted octanol–water partition coefficient (Wildman–Crippen LogP) is 3.72. The van der Waals surface area contributed by atoms with Gasteiger partial charge in [0.2, 0.25) is 5.75 Å². The number of ether oxygens (including phenoxy) is 3. The van der Waals surface area contributed by atoms with E-state index in [0.29, 0.717) is 12.0 Å². The number of hydrogen-bond donors (Lipinski definition) is 2. The van der Waals surface area contributed by atoms with E-state index in [9.17, 15) is 19.7 Å². The molecular formula is C23H25N3O7. The van der Waals surface area contributed by atoms with Crippen molar-refractivity contribution in [1.29, 1.82) is 0 Å². The van der Waals surface area contributed by atoms with E-state index >= 15 is 0 Å². The standard InChI is InChI=1S/C23H25N3O7/c1-4-11-33-21-16(26(29)30)12-15(13-17(21)31-3)20-18(22(27)32-5-2)19(24-23(28)25-20)14-9-7-6-8-10-14/h6-10,12-13,20H,4-5,11H2,1-3H3,(H2,24,25,28). The summed E-state index contributed by atoms with van der Waals surface area (Å²) in [5.41, 5.74) is 0.894. The molecule has 174 valence electrons. The first-order valence-electron chi connectivity index (χ1n) is 10.4. The van der Waals surface area contributed by atoms with Gasteiger partial charge in [0.15, 0.2) is 5.75 Å². The Balaban J connectivity index is 2.24. The molecule has 0 aromatic heterocycles. The van der Waals surface area contributed by atoms with E-state index in [1.165, 1.54) is 19.2 Å². The third-order valence-electron chi connectivity index (χ3n) is 4.89. The monoisotopic (exact) mass is 455 g/mol. The zero-order valence-electron chi connectivity index (χ0n) is 18.5. The van der Waals surface area contributed by atoms with Crippen molar-refractivity contribution in [2.75, 3.05) is 20.3 Å². The molecule has 1 heterocycles. The van der Waals surface area contributed by atoms with Crippen LogP contribution in [-0.2, 0) is 9.53 Å². The Morgan fingerprint density at radius 2 is 1.91 bits per heavy atom. The summed E-state index contributed by atoms with van der Waals surface area (Å²) in [4.78, 5) is 36.8. The van der Waals surface area contributed by atoms with E-state index in [4.69, 9.17) is 14.2 Å². The molecule has 1 aliphatic heterocycles. The van der Waals surface area contributed by atoms with Gasteiger partial charge >= 0.3 is 17.7 Å². The summed E-state index contributed by atoms with van der Waals surface area (Å²) in [5, 5.41) is 17.2. The third kappa shape index (κ3) is 5.05. The number of rotatable bonds is 9. The van der Waals surface area contributed by atoms with Crippen molar-refractivity contribution in [3.8, 4) is 11.5 Å². The number of hydrogen-bond acceptors (Lipinski definition) is 7. The molecule has 3 rings (SSSR count). The quantitative estimate of drug-likeness (QED) is 0.335. The predicted molar refractivity (Wildman–Crippen MR) is 120 cm³/mol. The van der Waals surface area contributed by atoms with Gasteiger partial charge in [0.1, 0.15) is 0 Å². The molecule has 2 aromatic rings. The highest BCUT2D eigenvalue weighted by Gasteiger charge is 2.36. The second kappa shape index (κ2) is 10.5. The van der Waals surface area contributed by atoms with Crippen LogP contribution in [0.3, 0.4) is 0 Å². The molecule has 0 aliphatic carbocycles. The van der Waals surface area contributed by atoms with Crippen LogP contribution in [-0.4, -0.2) is 37.2 Å². The number of carbonyl (C=O) groups is 2. The molecule has 2 N–H and O–H groups in total. The zero-order chi connectivity index (χ0) is 24.0. The fraction of sp³-hybridized carbons (Fsp3) is 0.304. The molecule has 10 heteroatoms. The second-order valence-corrected chi connectivity index (χ2v) is 7.08. The highest BCUT2D eigenvalue weighted by molar-refractivity contribution is 6.04. The van der Waals surface area contributed by atoms with Crippen LogP contribution >= 0.6 is 0 Å². The number of nitrogens with zero attached hydrogens (tertiary/aromatic N) is 1. The van der Waals surface area contributed by atoms with E-state index in [1.54, 1.807) is 37.3 Å². The smallest absolute Gasteiger partial charge is 0.338 e. The summed E-state index contributed by atoms with van der Waals surface area (Å²) in [6.45, 7) is 3.90. The largest absolute Gasteiger partial charge is 0.493 e. The Kier molecular flexibility index (Phi) is 7.50. The molecule has 0 saturated heterocycles. The van der Waals surface area contributed by atoms with Crippen molar-refractivity contribution in [2.24, 2.45) is 0 Å². The summed E-state index contributed by atoms with van der Waals surface area (Å²) >= 11 is 0. The lowest BCUT2D eigenvalue weighted by Crippen LogP contribution is -2.45. The maximum Gasteiger partial charge on any atom is 0.338 e. The molecule has 10 nitrogen and oxygen atoms in total. The van der Waals surface area contributed by atoms with E-state index in [2.05, 4.69) is 10.6 Å². The van der Waals surface area contributed by atoms with Gasteiger partial charge in [-0.2, -0.15) is 0 Å². The van der Waals surface area contributed by atoms with Crippen molar-refractivity contribution in [3.63, 3.8) is 0 Å². The van der Waals surface area contributed by atoms with Gasteiger partial charge in [0.25, 0.3) is 0 Å². The number of amides is 2. The maximum absolute atomic E-state index is 13.0. The molecular weight excluding hydrogens is 430 g/mol. The number of methoxy groups -OCH3 is 1. The third-order valence-corrected chi connectivity index (χ3v) is 4.89. The van der Waals surface area contributed by atoms with Gasteiger partial charge in [0, 0.05) is 6.07 Å². The van der Waals surface area contributed by atoms with Gasteiger partial charge in [-0.25, -0.2) is 9.59 Å². The average Bonchev–Trinajstić information content (AvgIpc) is 2.82. The Labute approximate surface area is 190 Å². The number of urea groups is 1. The van der Waals surface area contributed by atoms with Crippen LogP contribution in [0.4, 0.5) is 10.5 Å². The molecule has 0 bridgehead atoms. The molecule has 0 radical (unpaired) electrons. The molecule has 0 saturated carbocycles. The molecule has 1 unspecified atom stereocenters. The van der Waals surface area contributed by atoms with E-state index < -0.39 is 23.0 Å². The summed E-state index contributed by atoms with van der Waals surface area (Å²) in [6.07, 6.45) is 0.641. The lowest BCUT2D eigenvalue weighted by atomic mass is 9.92. The fourth-order valence-electron chi connectivity index (χ4n) is 3.49. The zero-order valence-corrected chi connectivity index (χ0v) is 18.5. The summed E-state index contributed by atoms with van der Waals surface area (Å²) < 4.78 is 16.2. The SMILES string of the molecule is CCCOc1c(OC)cc(C2NC(=O)NC(c3ccccc3)=C2C(=O)OCC)cc1[N+](=O)[O-]. The lowest BCUT2D eigenvalue weighted by molar-refractivity contribution is -0.386. The molecule has 33 heavy (non-hydrogen) atoms. The number of esters is 1. The van der Waals surface area contributed by atoms with Crippen molar-refractivity contribution in [2.45, 2.75) is 26.3 Å². The number of nitrogens with one attached hydrogen (secondary N) is 2. The first-order valence-corrected chi connectivity index (χ1v) is 10.4. The molecule has 0 fully saturated rings. The van der Waals surface area contributed by atoms with Gasteiger partial charge in [0.05, 0.1) is 42.6 Å². The summed E-state index contributed by atoms with van der Waals surface area (Å²) in [6, 6.07) is 9.99. The van der Waals surface area contributed by atoms with Gasteiger partial charge < -0.3 is 24.8 Å². The summed E-state index contributed by atoms with van der Waals surface area (Å²) in [5.74, 6) is -0.565. The van der Waals surface area contributed by atoms with Crippen molar-refractivity contribution < 1.29 is 28.7 Å². The fourth-order valence-corrected chi connectivity index (χ4v) is 3.49. The Morgan fingerprint density at radius 3 is 2.52 bits per heavy atom. The highest BCUT2D eigenvalue weighted by Crippen LogP contribution is 2.42.